The fraction of sp³-hybridized carbons (Fsp3) is 0.222. The molecule has 0 aliphatic carbocycles. The Hall–Kier alpha value is -1.35. The van der Waals surface area contributed by atoms with Gasteiger partial charge in [-0.3, -0.25) is 0 Å². The van der Waals surface area contributed by atoms with Crippen LogP contribution in [0.25, 0.3) is 0 Å². The molecule has 0 N–H and O–H groups in total. The molecule has 0 fully saturated rings. The van der Waals surface area contributed by atoms with E-state index in [-0.39, 0.29) is 6.07 Å². The number of halogens is 5. The minimum absolute atomic E-state index is 0.254. The van der Waals surface area contributed by atoms with Crippen LogP contribution in [0.15, 0.2) is 17.0 Å². The van der Waals surface area contributed by atoms with E-state index in [1.807, 2.05) is 0 Å². The predicted octanol–water partition coefficient (Wildman–Crippen LogP) is 2.56. The van der Waals surface area contributed by atoms with Gasteiger partial charge in [-0.1, -0.05) is 0 Å². The molecule has 1 rings (SSSR count). The summed E-state index contributed by atoms with van der Waals surface area (Å²) in [6.45, 7) is 0. The van der Waals surface area contributed by atoms with Gasteiger partial charge in [-0.05, 0) is 12.1 Å². The molecule has 0 spiro atoms. The molecule has 0 aliphatic heterocycles. The van der Waals surface area contributed by atoms with Crippen molar-refractivity contribution in [1.82, 2.24) is 0 Å². The standard InChI is InChI=1S/C9H5ClF4O4S/c1-18-8(15)6-5(19(10,16)17)3-2-4(11)7(6)9(12,13)14/h2-3H,1H3. The zero-order valence-corrected chi connectivity index (χ0v) is 10.7. The third-order valence-corrected chi connectivity index (χ3v) is 3.42. The molecule has 0 heterocycles. The van der Waals surface area contributed by atoms with Gasteiger partial charge in [-0.15, -0.1) is 0 Å². The van der Waals surface area contributed by atoms with E-state index in [0.29, 0.717) is 6.07 Å². The fourth-order valence-corrected chi connectivity index (χ4v) is 2.39. The van der Waals surface area contributed by atoms with Gasteiger partial charge in [-0.25, -0.2) is 17.6 Å². The highest BCUT2D eigenvalue weighted by Gasteiger charge is 2.42. The van der Waals surface area contributed by atoms with Crippen molar-refractivity contribution in [2.24, 2.45) is 0 Å². The number of esters is 1. The molecular weight excluding hydrogens is 316 g/mol. The SMILES string of the molecule is COC(=O)c1c(S(=O)(=O)Cl)ccc(F)c1C(F)(F)F. The molecule has 0 saturated carbocycles. The Morgan fingerprint density at radius 1 is 1.32 bits per heavy atom. The van der Waals surface area contributed by atoms with Crippen molar-refractivity contribution in [3.05, 3.63) is 29.1 Å². The van der Waals surface area contributed by atoms with Gasteiger partial charge in [0, 0.05) is 10.7 Å². The lowest BCUT2D eigenvalue weighted by Crippen LogP contribution is -2.19. The summed E-state index contributed by atoms with van der Waals surface area (Å²) >= 11 is 0. The fourth-order valence-electron chi connectivity index (χ4n) is 1.34. The molecule has 0 atom stereocenters. The van der Waals surface area contributed by atoms with E-state index in [2.05, 4.69) is 4.74 Å². The highest BCUT2D eigenvalue weighted by atomic mass is 35.7. The van der Waals surface area contributed by atoms with E-state index in [4.69, 9.17) is 10.7 Å². The van der Waals surface area contributed by atoms with Crippen LogP contribution in [-0.4, -0.2) is 21.5 Å². The van der Waals surface area contributed by atoms with Gasteiger partial charge in [0.1, 0.15) is 11.4 Å². The number of rotatable bonds is 2. The van der Waals surface area contributed by atoms with Gasteiger partial charge >= 0.3 is 12.1 Å². The summed E-state index contributed by atoms with van der Waals surface area (Å²) in [5, 5.41) is 0. The van der Waals surface area contributed by atoms with E-state index in [1.165, 1.54) is 0 Å². The van der Waals surface area contributed by atoms with Crippen molar-refractivity contribution in [2.45, 2.75) is 11.1 Å². The second-order valence-electron chi connectivity index (χ2n) is 3.22. The van der Waals surface area contributed by atoms with E-state index in [0.717, 1.165) is 7.11 Å². The largest absolute Gasteiger partial charge is 0.465 e. The molecule has 1 aromatic rings. The number of hydrogen-bond donors (Lipinski definition) is 0. The summed E-state index contributed by atoms with van der Waals surface area (Å²) in [7, 11) is 0.951. The average Bonchev–Trinajstić information content (AvgIpc) is 2.24. The summed E-state index contributed by atoms with van der Waals surface area (Å²) in [6, 6.07) is 0.712. The highest BCUT2D eigenvalue weighted by molar-refractivity contribution is 8.13. The molecule has 1 aromatic carbocycles. The number of methoxy groups -OCH3 is 1. The molecule has 10 heteroatoms. The first-order valence-corrected chi connectivity index (χ1v) is 6.73. The van der Waals surface area contributed by atoms with E-state index in [9.17, 15) is 30.8 Å². The maximum absolute atomic E-state index is 13.2. The summed E-state index contributed by atoms with van der Waals surface area (Å²) in [5.74, 6) is -3.47. The zero-order valence-electron chi connectivity index (χ0n) is 9.09. The molecule has 106 valence electrons. The minimum atomic E-state index is -5.29. The van der Waals surface area contributed by atoms with Crippen LogP contribution in [-0.2, 0) is 20.0 Å². The molecular formula is C9H5ClF4O4S. The van der Waals surface area contributed by atoms with Gasteiger partial charge < -0.3 is 4.74 Å². The molecule has 0 radical (unpaired) electrons. The minimum Gasteiger partial charge on any atom is -0.465 e. The second-order valence-corrected chi connectivity index (χ2v) is 5.76. The van der Waals surface area contributed by atoms with Gasteiger partial charge in [0.25, 0.3) is 9.05 Å². The first kappa shape index (κ1) is 15.7. The number of alkyl halides is 3. The first-order valence-electron chi connectivity index (χ1n) is 4.42. The molecule has 0 unspecified atom stereocenters. The topological polar surface area (TPSA) is 60.4 Å². The van der Waals surface area contributed by atoms with E-state index >= 15 is 0 Å². The quantitative estimate of drug-likeness (QED) is 0.477. The average molecular weight is 321 g/mol. The third-order valence-electron chi connectivity index (χ3n) is 2.05. The van der Waals surface area contributed by atoms with Crippen LogP contribution >= 0.6 is 10.7 Å². The number of hydrogen-bond acceptors (Lipinski definition) is 4. The number of carbonyl (C=O) groups excluding carboxylic acids is 1. The molecule has 0 amide bonds. The van der Waals surface area contributed by atoms with Crippen molar-refractivity contribution in [3.8, 4) is 0 Å². The lowest BCUT2D eigenvalue weighted by atomic mass is 10.1. The summed E-state index contributed by atoms with van der Waals surface area (Å²) in [4.78, 5) is 10.1. The molecule has 19 heavy (non-hydrogen) atoms. The van der Waals surface area contributed by atoms with Gasteiger partial charge in [0.05, 0.1) is 17.6 Å². The van der Waals surface area contributed by atoms with Crippen molar-refractivity contribution < 1.29 is 35.5 Å². The van der Waals surface area contributed by atoms with Gasteiger partial charge in [-0.2, -0.15) is 13.2 Å². The van der Waals surface area contributed by atoms with E-state index in [1.54, 1.807) is 0 Å². The Bertz CT molecular complexity index is 624. The maximum atomic E-state index is 13.2. The Morgan fingerprint density at radius 2 is 1.84 bits per heavy atom. The van der Waals surface area contributed by atoms with Crippen LogP contribution in [0.2, 0.25) is 0 Å². The van der Waals surface area contributed by atoms with Gasteiger partial charge in [0.2, 0.25) is 0 Å². The van der Waals surface area contributed by atoms with Crippen LogP contribution in [0.4, 0.5) is 17.6 Å². The Kier molecular flexibility index (Phi) is 4.11. The summed E-state index contributed by atoms with van der Waals surface area (Å²) < 4.78 is 77.6. The Balaban J connectivity index is 3.87. The molecule has 4 nitrogen and oxygen atoms in total. The smallest absolute Gasteiger partial charge is 0.420 e. The monoisotopic (exact) mass is 320 g/mol. The number of carbonyl (C=O) groups is 1. The Morgan fingerprint density at radius 3 is 2.21 bits per heavy atom. The highest BCUT2D eigenvalue weighted by Crippen LogP contribution is 2.37. The molecule has 0 bridgehead atoms. The lowest BCUT2D eigenvalue weighted by Gasteiger charge is -2.14. The third kappa shape index (κ3) is 3.16. The number of benzene rings is 1. The lowest BCUT2D eigenvalue weighted by molar-refractivity contribution is -0.140. The van der Waals surface area contributed by atoms with Crippen LogP contribution in [0.5, 0.6) is 0 Å². The van der Waals surface area contributed by atoms with Crippen LogP contribution in [0.1, 0.15) is 15.9 Å². The van der Waals surface area contributed by atoms with Crippen molar-refractivity contribution in [3.63, 3.8) is 0 Å². The second kappa shape index (κ2) is 4.97. The first-order chi connectivity index (χ1) is 8.50. The molecule has 0 saturated heterocycles. The summed E-state index contributed by atoms with van der Waals surface area (Å²) in [5.41, 5.74) is -3.52. The van der Waals surface area contributed by atoms with Crippen molar-refractivity contribution in [2.75, 3.05) is 7.11 Å². The van der Waals surface area contributed by atoms with Crippen LogP contribution < -0.4 is 0 Å². The number of ether oxygens (including phenoxy) is 1. The van der Waals surface area contributed by atoms with Crippen molar-refractivity contribution in [1.29, 1.82) is 0 Å². The van der Waals surface area contributed by atoms with Crippen LogP contribution in [0.3, 0.4) is 0 Å². The summed E-state index contributed by atoms with van der Waals surface area (Å²) in [6.07, 6.45) is -5.29. The Labute approximate surface area is 109 Å². The van der Waals surface area contributed by atoms with E-state index < -0.39 is 43.0 Å². The normalized spacial score (nSPS) is 12.3. The molecule has 0 aliphatic rings. The van der Waals surface area contributed by atoms with Crippen LogP contribution in [0, 0.1) is 5.82 Å². The van der Waals surface area contributed by atoms with Gasteiger partial charge in [0.15, 0.2) is 0 Å². The molecule has 0 aromatic heterocycles. The predicted molar refractivity (Wildman–Crippen MR) is 55.8 cm³/mol. The zero-order chi connectivity index (χ0) is 15.0. The van der Waals surface area contributed by atoms with Crippen molar-refractivity contribution >= 4 is 25.7 Å². The maximum Gasteiger partial charge on any atom is 0.420 e.